The summed E-state index contributed by atoms with van der Waals surface area (Å²) in [6.45, 7) is 9.04. The summed E-state index contributed by atoms with van der Waals surface area (Å²) in [4.78, 5) is 12.0. The second kappa shape index (κ2) is 7.68. The molecule has 0 fully saturated rings. The van der Waals surface area contributed by atoms with Gasteiger partial charge in [0, 0.05) is 22.9 Å². The topological polar surface area (TPSA) is 29.1 Å². The van der Waals surface area contributed by atoms with Gasteiger partial charge in [0.2, 0.25) is 5.91 Å². The average molecular weight is 296 g/mol. The Kier molecular flexibility index (Phi) is 6.54. The highest BCUT2D eigenvalue weighted by Gasteiger charge is 2.29. The zero-order valence-electron chi connectivity index (χ0n) is 13.0. The molecule has 0 heterocycles. The van der Waals surface area contributed by atoms with E-state index in [1.165, 1.54) is 5.56 Å². The molecule has 0 saturated carbocycles. The Morgan fingerprint density at radius 1 is 1.20 bits per heavy atom. The van der Waals surface area contributed by atoms with E-state index in [-0.39, 0.29) is 17.2 Å². The first-order valence-electron chi connectivity index (χ1n) is 7.52. The van der Waals surface area contributed by atoms with Crippen molar-refractivity contribution in [1.29, 1.82) is 0 Å². The summed E-state index contributed by atoms with van der Waals surface area (Å²) in [6, 6.07) is 8.00. The second-order valence-electron chi connectivity index (χ2n) is 5.52. The highest BCUT2D eigenvalue weighted by Crippen LogP contribution is 2.31. The fourth-order valence-electron chi connectivity index (χ4n) is 2.43. The average Bonchev–Trinajstić information content (AvgIpc) is 2.49. The minimum absolute atomic E-state index is 0.00624. The van der Waals surface area contributed by atoms with Gasteiger partial charge in [-0.1, -0.05) is 51.4 Å². The van der Waals surface area contributed by atoms with E-state index in [9.17, 15) is 4.79 Å². The van der Waals surface area contributed by atoms with Crippen LogP contribution in [0.4, 0.5) is 0 Å². The molecule has 20 heavy (non-hydrogen) atoms. The lowest BCUT2D eigenvalue weighted by Crippen LogP contribution is -2.41. The number of nitrogens with one attached hydrogen (secondary N) is 1. The molecule has 0 aliphatic carbocycles. The van der Waals surface area contributed by atoms with Crippen LogP contribution in [0.1, 0.15) is 52.5 Å². The van der Waals surface area contributed by atoms with E-state index in [0.717, 1.165) is 24.3 Å². The third-order valence-electron chi connectivity index (χ3n) is 4.47. The third-order valence-corrected chi connectivity index (χ3v) is 4.72. The van der Waals surface area contributed by atoms with E-state index in [0.29, 0.717) is 6.54 Å². The molecule has 0 saturated heterocycles. The fourth-order valence-corrected chi connectivity index (χ4v) is 2.56. The summed E-state index contributed by atoms with van der Waals surface area (Å²) in [5.41, 5.74) is 1.24. The van der Waals surface area contributed by atoms with E-state index in [1.54, 1.807) is 0 Å². The smallest absolute Gasteiger partial charge is 0.222 e. The molecule has 1 rings (SSSR count). The Morgan fingerprint density at radius 2 is 1.75 bits per heavy atom. The van der Waals surface area contributed by atoms with Crippen LogP contribution in [0.25, 0.3) is 0 Å². The monoisotopic (exact) mass is 295 g/mol. The van der Waals surface area contributed by atoms with Gasteiger partial charge in [0.15, 0.2) is 0 Å². The number of carbonyl (C=O) groups is 1. The Morgan fingerprint density at radius 3 is 2.20 bits per heavy atom. The number of rotatable bonds is 7. The molecule has 3 heteroatoms. The molecule has 0 bridgehead atoms. The van der Waals surface area contributed by atoms with Gasteiger partial charge in [0.05, 0.1) is 0 Å². The molecule has 0 aliphatic rings. The summed E-state index contributed by atoms with van der Waals surface area (Å²) in [6.07, 6.45) is 2.86. The van der Waals surface area contributed by atoms with E-state index in [4.69, 9.17) is 11.6 Å². The number of hydrogen-bond donors (Lipinski definition) is 1. The van der Waals surface area contributed by atoms with Crippen molar-refractivity contribution in [1.82, 2.24) is 5.32 Å². The molecule has 0 radical (unpaired) electrons. The predicted molar refractivity (Wildman–Crippen MR) is 86.2 cm³/mol. The summed E-state index contributed by atoms with van der Waals surface area (Å²) in [7, 11) is 0. The van der Waals surface area contributed by atoms with Gasteiger partial charge >= 0.3 is 0 Å². The molecule has 2 nitrogen and oxygen atoms in total. The predicted octanol–water partition coefficient (Wildman–Crippen LogP) is 4.56. The molecule has 0 aromatic heterocycles. The SMILES string of the molecule is CCC(C)C(=O)NCC(CC)(CC)c1ccc(Cl)cc1. The van der Waals surface area contributed by atoms with Crippen LogP contribution in [-0.2, 0) is 10.2 Å². The van der Waals surface area contributed by atoms with Crippen LogP contribution in [0.5, 0.6) is 0 Å². The van der Waals surface area contributed by atoms with Gasteiger partial charge in [-0.15, -0.1) is 0 Å². The maximum atomic E-state index is 12.0. The molecule has 0 spiro atoms. The van der Waals surface area contributed by atoms with Crippen LogP contribution in [0, 0.1) is 5.92 Å². The van der Waals surface area contributed by atoms with Gasteiger partial charge in [-0.2, -0.15) is 0 Å². The summed E-state index contributed by atoms with van der Waals surface area (Å²) >= 11 is 5.97. The number of carbonyl (C=O) groups excluding carboxylic acids is 1. The molecular weight excluding hydrogens is 270 g/mol. The molecule has 1 aromatic rings. The van der Waals surface area contributed by atoms with E-state index in [2.05, 4.69) is 31.3 Å². The van der Waals surface area contributed by atoms with Crippen LogP contribution in [0.2, 0.25) is 5.02 Å². The van der Waals surface area contributed by atoms with Crippen LogP contribution in [-0.4, -0.2) is 12.5 Å². The van der Waals surface area contributed by atoms with Crippen molar-refractivity contribution in [2.75, 3.05) is 6.54 Å². The number of amides is 1. The molecule has 1 amide bonds. The van der Waals surface area contributed by atoms with Crippen molar-refractivity contribution in [3.8, 4) is 0 Å². The van der Waals surface area contributed by atoms with Crippen LogP contribution < -0.4 is 5.32 Å². The van der Waals surface area contributed by atoms with E-state index < -0.39 is 0 Å². The van der Waals surface area contributed by atoms with Gasteiger partial charge in [-0.05, 0) is 37.0 Å². The largest absolute Gasteiger partial charge is 0.355 e. The first kappa shape index (κ1) is 17.0. The first-order chi connectivity index (χ1) is 9.49. The van der Waals surface area contributed by atoms with Gasteiger partial charge in [-0.25, -0.2) is 0 Å². The standard InChI is InChI=1S/C17H26ClNO/c1-5-13(4)16(20)19-12-17(6-2,7-3)14-8-10-15(18)11-9-14/h8-11,13H,5-7,12H2,1-4H3,(H,19,20). The lowest BCUT2D eigenvalue weighted by atomic mass is 9.75. The maximum Gasteiger partial charge on any atom is 0.222 e. The van der Waals surface area contributed by atoms with Gasteiger partial charge in [0.1, 0.15) is 0 Å². The van der Waals surface area contributed by atoms with Gasteiger partial charge in [-0.3, -0.25) is 4.79 Å². The van der Waals surface area contributed by atoms with Crippen LogP contribution in [0.15, 0.2) is 24.3 Å². The minimum Gasteiger partial charge on any atom is -0.355 e. The van der Waals surface area contributed by atoms with E-state index in [1.807, 2.05) is 26.0 Å². The van der Waals surface area contributed by atoms with Crippen molar-refractivity contribution in [3.05, 3.63) is 34.9 Å². The quantitative estimate of drug-likeness (QED) is 0.785. The summed E-state index contributed by atoms with van der Waals surface area (Å²) < 4.78 is 0. The van der Waals surface area contributed by atoms with Crippen molar-refractivity contribution in [2.24, 2.45) is 5.92 Å². The van der Waals surface area contributed by atoms with Crippen molar-refractivity contribution >= 4 is 17.5 Å². The molecule has 112 valence electrons. The molecule has 1 aromatic carbocycles. The lowest BCUT2D eigenvalue weighted by molar-refractivity contribution is -0.124. The lowest BCUT2D eigenvalue weighted by Gasteiger charge is -2.33. The second-order valence-corrected chi connectivity index (χ2v) is 5.96. The highest BCUT2D eigenvalue weighted by atomic mass is 35.5. The Balaban J connectivity index is 2.87. The highest BCUT2D eigenvalue weighted by molar-refractivity contribution is 6.30. The molecule has 1 N–H and O–H groups in total. The zero-order valence-corrected chi connectivity index (χ0v) is 13.8. The normalized spacial score (nSPS) is 13.1. The zero-order chi connectivity index (χ0) is 15.2. The Bertz CT molecular complexity index is 423. The van der Waals surface area contributed by atoms with Crippen LogP contribution in [0.3, 0.4) is 0 Å². The minimum atomic E-state index is -0.00624. The van der Waals surface area contributed by atoms with Crippen molar-refractivity contribution in [3.63, 3.8) is 0 Å². The summed E-state index contributed by atoms with van der Waals surface area (Å²) in [5, 5.41) is 3.87. The maximum absolute atomic E-state index is 12.0. The molecule has 1 unspecified atom stereocenters. The fraction of sp³-hybridized carbons (Fsp3) is 0.588. The summed E-state index contributed by atoms with van der Waals surface area (Å²) in [5.74, 6) is 0.222. The van der Waals surface area contributed by atoms with Crippen LogP contribution >= 0.6 is 11.6 Å². The number of benzene rings is 1. The Labute approximate surface area is 127 Å². The Hall–Kier alpha value is -1.02. The molecular formula is C17H26ClNO. The third kappa shape index (κ3) is 3.99. The molecule has 0 aliphatic heterocycles. The van der Waals surface area contributed by atoms with Gasteiger partial charge in [0.25, 0.3) is 0 Å². The van der Waals surface area contributed by atoms with Gasteiger partial charge < -0.3 is 5.32 Å². The number of hydrogen-bond acceptors (Lipinski definition) is 1. The van der Waals surface area contributed by atoms with Crippen molar-refractivity contribution < 1.29 is 4.79 Å². The van der Waals surface area contributed by atoms with Crippen molar-refractivity contribution in [2.45, 2.75) is 52.4 Å². The number of halogens is 1. The van der Waals surface area contributed by atoms with E-state index >= 15 is 0 Å². The first-order valence-corrected chi connectivity index (χ1v) is 7.90. The molecule has 1 atom stereocenters.